The van der Waals surface area contributed by atoms with Gasteiger partial charge < -0.3 is 14.7 Å². The predicted octanol–water partition coefficient (Wildman–Crippen LogP) is 2.08. The minimum Gasteiger partial charge on any atom is -0.363 e. The smallest absolute Gasteiger partial charge is 0.254 e. The summed E-state index contributed by atoms with van der Waals surface area (Å²) in [7, 11) is 0. The molecule has 0 fully saturated rings. The average Bonchev–Trinajstić information content (AvgIpc) is 2.97. The molecule has 0 bridgehead atoms. The summed E-state index contributed by atoms with van der Waals surface area (Å²) in [5.74, 6) is -0.141. The second-order valence-electron chi connectivity index (χ2n) is 4.57. The highest BCUT2D eigenvalue weighted by Crippen LogP contribution is 2.11. The number of aromatic nitrogens is 1. The maximum absolute atomic E-state index is 12.4. The predicted molar refractivity (Wildman–Crippen MR) is 77.9 cm³/mol. The molecule has 1 N–H and O–H groups in total. The van der Waals surface area contributed by atoms with Crippen molar-refractivity contribution in [3.63, 3.8) is 0 Å². The molecule has 110 valence electrons. The molecule has 0 aliphatic heterocycles. The van der Waals surface area contributed by atoms with Crippen LogP contribution in [0.2, 0.25) is 0 Å². The lowest BCUT2D eigenvalue weighted by Gasteiger charge is -2.21. The zero-order chi connectivity index (χ0) is 15.2. The molecule has 0 unspecified atom stereocenters. The van der Waals surface area contributed by atoms with Crippen LogP contribution in [-0.4, -0.2) is 35.0 Å². The van der Waals surface area contributed by atoms with E-state index in [0.29, 0.717) is 17.9 Å². The molecule has 1 aromatic carbocycles. The fourth-order valence-corrected chi connectivity index (χ4v) is 1.94. The van der Waals surface area contributed by atoms with Crippen LogP contribution in [0.5, 0.6) is 0 Å². The van der Waals surface area contributed by atoms with E-state index in [-0.39, 0.29) is 18.4 Å². The van der Waals surface area contributed by atoms with Crippen LogP contribution < -0.4 is 5.32 Å². The van der Waals surface area contributed by atoms with Crippen LogP contribution in [0.3, 0.4) is 0 Å². The van der Waals surface area contributed by atoms with Gasteiger partial charge in [0.05, 0.1) is 0 Å². The SMILES string of the molecule is CCN(CC(=O)Nc1ccon1)C(=O)c1ccccc1C. The molecule has 1 heterocycles. The quantitative estimate of drug-likeness (QED) is 0.913. The number of anilines is 1. The number of carbonyl (C=O) groups is 2. The van der Waals surface area contributed by atoms with E-state index in [2.05, 4.69) is 15.0 Å². The molecule has 0 atom stereocenters. The highest BCUT2D eigenvalue weighted by Gasteiger charge is 2.19. The molecule has 0 saturated heterocycles. The van der Waals surface area contributed by atoms with Crippen molar-refractivity contribution in [2.75, 3.05) is 18.4 Å². The van der Waals surface area contributed by atoms with Gasteiger partial charge in [-0.1, -0.05) is 23.4 Å². The Labute approximate surface area is 122 Å². The number of nitrogens with one attached hydrogen (secondary N) is 1. The number of benzene rings is 1. The van der Waals surface area contributed by atoms with E-state index < -0.39 is 0 Å². The number of amides is 2. The molecule has 0 saturated carbocycles. The second kappa shape index (κ2) is 6.69. The van der Waals surface area contributed by atoms with Crippen LogP contribution in [0.15, 0.2) is 41.1 Å². The summed E-state index contributed by atoms with van der Waals surface area (Å²) in [6, 6.07) is 8.85. The zero-order valence-electron chi connectivity index (χ0n) is 12.0. The lowest BCUT2D eigenvalue weighted by atomic mass is 10.1. The number of nitrogens with zero attached hydrogens (tertiary/aromatic N) is 2. The molecule has 6 heteroatoms. The van der Waals surface area contributed by atoms with E-state index >= 15 is 0 Å². The Bertz CT molecular complexity index is 623. The lowest BCUT2D eigenvalue weighted by molar-refractivity contribution is -0.116. The number of rotatable bonds is 5. The maximum Gasteiger partial charge on any atom is 0.254 e. The van der Waals surface area contributed by atoms with Crippen LogP contribution in [0.1, 0.15) is 22.8 Å². The molecule has 1 aromatic heterocycles. The van der Waals surface area contributed by atoms with Crippen LogP contribution in [-0.2, 0) is 4.79 Å². The van der Waals surface area contributed by atoms with Gasteiger partial charge in [0.15, 0.2) is 5.82 Å². The van der Waals surface area contributed by atoms with E-state index in [1.807, 2.05) is 32.0 Å². The minimum atomic E-state index is -0.312. The Balaban J connectivity index is 2.04. The first-order chi connectivity index (χ1) is 10.1. The largest absolute Gasteiger partial charge is 0.363 e. The molecule has 0 aliphatic rings. The third-order valence-electron chi connectivity index (χ3n) is 3.08. The van der Waals surface area contributed by atoms with E-state index in [1.54, 1.807) is 6.07 Å². The third-order valence-corrected chi connectivity index (χ3v) is 3.08. The number of carbonyl (C=O) groups excluding carboxylic acids is 2. The van der Waals surface area contributed by atoms with Gasteiger partial charge in [-0.2, -0.15) is 0 Å². The van der Waals surface area contributed by atoms with Crippen molar-refractivity contribution in [3.8, 4) is 0 Å². The molecule has 2 amide bonds. The first kappa shape index (κ1) is 14.8. The van der Waals surface area contributed by atoms with Crippen LogP contribution in [0.25, 0.3) is 0 Å². The highest BCUT2D eigenvalue weighted by molar-refractivity contribution is 5.99. The summed E-state index contributed by atoms with van der Waals surface area (Å²) in [5.41, 5.74) is 1.49. The van der Waals surface area contributed by atoms with Crippen molar-refractivity contribution in [2.45, 2.75) is 13.8 Å². The van der Waals surface area contributed by atoms with Gasteiger partial charge in [-0.15, -0.1) is 0 Å². The summed E-state index contributed by atoms with van der Waals surface area (Å²) < 4.78 is 4.63. The van der Waals surface area contributed by atoms with Gasteiger partial charge in [-0.05, 0) is 25.5 Å². The third kappa shape index (κ3) is 3.68. The van der Waals surface area contributed by atoms with Gasteiger partial charge >= 0.3 is 0 Å². The summed E-state index contributed by atoms with van der Waals surface area (Å²) in [4.78, 5) is 25.8. The zero-order valence-corrected chi connectivity index (χ0v) is 12.0. The topological polar surface area (TPSA) is 75.4 Å². The van der Waals surface area contributed by atoms with Crippen molar-refractivity contribution < 1.29 is 14.1 Å². The van der Waals surface area contributed by atoms with Crippen molar-refractivity contribution in [1.29, 1.82) is 0 Å². The van der Waals surface area contributed by atoms with Crippen molar-refractivity contribution >= 4 is 17.6 Å². The van der Waals surface area contributed by atoms with Crippen molar-refractivity contribution in [1.82, 2.24) is 10.1 Å². The second-order valence-corrected chi connectivity index (χ2v) is 4.57. The molecule has 0 radical (unpaired) electrons. The first-order valence-electron chi connectivity index (χ1n) is 6.67. The van der Waals surface area contributed by atoms with E-state index in [1.165, 1.54) is 17.2 Å². The number of hydrogen-bond donors (Lipinski definition) is 1. The Morgan fingerprint density at radius 1 is 1.29 bits per heavy atom. The molecule has 21 heavy (non-hydrogen) atoms. The maximum atomic E-state index is 12.4. The normalized spacial score (nSPS) is 10.2. The summed E-state index contributed by atoms with van der Waals surface area (Å²) in [5, 5.41) is 6.17. The van der Waals surface area contributed by atoms with Crippen LogP contribution >= 0.6 is 0 Å². The molecule has 6 nitrogen and oxygen atoms in total. The number of hydrogen-bond acceptors (Lipinski definition) is 4. The number of aryl methyl sites for hydroxylation is 1. The van der Waals surface area contributed by atoms with E-state index in [9.17, 15) is 9.59 Å². The fourth-order valence-electron chi connectivity index (χ4n) is 1.94. The lowest BCUT2D eigenvalue weighted by Crippen LogP contribution is -2.38. The molecular formula is C15H17N3O3. The molecule has 2 aromatic rings. The summed E-state index contributed by atoms with van der Waals surface area (Å²) in [6.45, 7) is 4.12. The average molecular weight is 287 g/mol. The van der Waals surface area contributed by atoms with Crippen molar-refractivity contribution in [2.24, 2.45) is 0 Å². The van der Waals surface area contributed by atoms with Crippen LogP contribution in [0.4, 0.5) is 5.82 Å². The Hall–Kier alpha value is -2.63. The van der Waals surface area contributed by atoms with Crippen LogP contribution in [0, 0.1) is 6.92 Å². The van der Waals surface area contributed by atoms with E-state index in [4.69, 9.17) is 0 Å². The minimum absolute atomic E-state index is 0.0312. The van der Waals surface area contributed by atoms with Gasteiger partial charge in [0.2, 0.25) is 5.91 Å². The van der Waals surface area contributed by atoms with Gasteiger partial charge in [-0.3, -0.25) is 9.59 Å². The van der Waals surface area contributed by atoms with Gasteiger partial charge in [0, 0.05) is 18.2 Å². The molecule has 2 rings (SSSR count). The Morgan fingerprint density at radius 2 is 2.05 bits per heavy atom. The monoisotopic (exact) mass is 287 g/mol. The van der Waals surface area contributed by atoms with Gasteiger partial charge in [0.25, 0.3) is 5.91 Å². The number of likely N-dealkylation sites (N-methyl/N-ethyl adjacent to an activating group) is 1. The Kier molecular flexibility index (Phi) is 4.71. The van der Waals surface area contributed by atoms with Gasteiger partial charge in [-0.25, -0.2) is 0 Å². The fraction of sp³-hybridized carbons (Fsp3) is 0.267. The highest BCUT2D eigenvalue weighted by atomic mass is 16.5. The first-order valence-corrected chi connectivity index (χ1v) is 6.67. The van der Waals surface area contributed by atoms with E-state index in [0.717, 1.165) is 5.56 Å². The Morgan fingerprint density at radius 3 is 2.67 bits per heavy atom. The summed E-state index contributed by atoms with van der Waals surface area (Å²) >= 11 is 0. The van der Waals surface area contributed by atoms with Gasteiger partial charge in [0.1, 0.15) is 12.8 Å². The molecule has 0 spiro atoms. The van der Waals surface area contributed by atoms with Crippen molar-refractivity contribution in [3.05, 3.63) is 47.7 Å². The summed E-state index contributed by atoms with van der Waals surface area (Å²) in [6.07, 6.45) is 1.37. The molecule has 0 aliphatic carbocycles. The molecular weight excluding hydrogens is 270 g/mol. The standard InChI is InChI=1S/C15H17N3O3/c1-3-18(10-14(19)16-13-8-9-21-17-13)15(20)12-7-5-4-6-11(12)2/h4-9H,3,10H2,1-2H3,(H,16,17,19).